The smallest absolute Gasteiger partial charge is 0.242 e. The van der Waals surface area contributed by atoms with E-state index in [4.69, 9.17) is 0 Å². The molecule has 0 aliphatic rings. The zero-order valence-electron chi connectivity index (χ0n) is 17.6. The van der Waals surface area contributed by atoms with Crippen LogP contribution in [0.15, 0.2) is 46.3 Å². The minimum atomic E-state index is -3.40. The Kier molecular flexibility index (Phi) is 10.6. The normalized spacial score (nSPS) is 13.1. The number of hydrogen-bond donors (Lipinski definition) is 2. The number of aliphatic imine (C=N–C) groups is 1. The topological polar surface area (TPSA) is 73.8 Å². The van der Waals surface area contributed by atoms with Crippen LogP contribution in [0.25, 0.3) is 0 Å². The Morgan fingerprint density at radius 2 is 1.83 bits per heavy atom. The SMILES string of the molecule is CCNC(=NCc1ccc(S(=O)(=O)N(C)C)cc1)NC(C)Cc1ccc(C)s1.I. The molecule has 2 aromatic rings. The second-order valence-corrected chi connectivity index (χ2v) is 10.4. The maximum absolute atomic E-state index is 12.1. The van der Waals surface area contributed by atoms with Gasteiger partial charge in [-0.25, -0.2) is 17.7 Å². The van der Waals surface area contributed by atoms with E-state index in [0.717, 1.165) is 24.5 Å². The molecule has 0 saturated heterocycles. The van der Waals surface area contributed by atoms with E-state index in [0.29, 0.717) is 6.54 Å². The van der Waals surface area contributed by atoms with Gasteiger partial charge in [0, 0.05) is 42.9 Å². The van der Waals surface area contributed by atoms with Crippen LogP contribution in [0, 0.1) is 6.92 Å². The fourth-order valence-corrected chi connectivity index (χ4v) is 4.57. The molecule has 29 heavy (non-hydrogen) atoms. The maximum Gasteiger partial charge on any atom is 0.242 e. The van der Waals surface area contributed by atoms with Crippen molar-refractivity contribution in [2.75, 3.05) is 20.6 Å². The van der Waals surface area contributed by atoms with Gasteiger partial charge >= 0.3 is 0 Å². The van der Waals surface area contributed by atoms with Gasteiger partial charge in [0.2, 0.25) is 10.0 Å². The van der Waals surface area contributed by atoms with E-state index in [2.05, 4.69) is 41.6 Å². The monoisotopic (exact) mass is 550 g/mol. The number of halogens is 1. The average Bonchev–Trinajstić information content (AvgIpc) is 3.04. The lowest BCUT2D eigenvalue weighted by Crippen LogP contribution is -2.43. The number of rotatable bonds is 8. The molecule has 0 amide bonds. The molecular formula is C20H31IN4O2S2. The molecule has 6 nitrogen and oxygen atoms in total. The van der Waals surface area contributed by atoms with Crippen LogP contribution < -0.4 is 10.6 Å². The molecule has 0 spiro atoms. The molecule has 1 atom stereocenters. The summed E-state index contributed by atoms with van der Waals surface area (Å²) in [6.45, 7) is 7.54. The highest BCUT2D eigenvalue weighted by Crippen LogP contribution is 2.17. The zero-order chi connectivity index (χ0) is 20.7. The summed E-state index contributed by atoms with van der Waals surface area (Å²) in [6, 6.07) is 11.4. The summed E-state index contributed by atoms with van der Waals surface area (Å²) in [5, 5.41) is 6.70. The zero-order valence-corrected chi connectivity index (χ0v) is 21.6. The van der Waals surface area contributed by atoms with Crippen LogP contribution in [0.3, 0.4) is 0 Å². The molecule has 1 aromatic carbocycles. The van der Waals surface area contributed by atoms with Gasteiger partial charge in [-0.3, -0.25) is 0 Å². The number of hydrogen-bond acceptors (Lipinski definition) is 4. The fourth-order valence-electron chi connectivity index (χ4n) is 2.65. The Morgan fingerprint density at radius 3 is 2.34 bits per heavy atom. The van der Waals surface area contributed by atoms with Crippen molar-refractivity contribution in [2.45, 2.75) is 44.7 Å². The van der Waals surface area contributed by atoms with Crippen LogP contribution in [-0.4, -0.2) is 45.4 Å². The van der Waals surface area contributed by atoms with Crippen LogP contribution in [-0.2, 0) is 23.0 Å². The summed E-state index contributed by atoms with van der Waals surface area (Å²) in [7, 11) is -0.347. The molecule has 1 unspecified atom stereocenters. The van der Waals surface area contributed by atoms with Crippen molar-refractivity contribution in [3.05, 3.63) is 51.7 Å². The highest BCUT2D eigenvalue weighted by atomic mass is 127. The van der Waals surface area contributed by atoms with Crippen LogP contribution in [0.2, 0.25) is 0 Å². The third-order valence-corrected chi connectivity index (χ3v) is 7.00. The van der Waals surface area contributed by atoms with Crippen LogP contribution in [0.1, 0.15) is 29.2 Å². The van der Waals surface area contributed by atoms with Gasteiger partial charge in [-0.1, -0.05) is 12.1 Å². The number of aryl methyl sites for hydroxylation is 1. The highest BCUT2D eigenvalue weighted by Gasteiger charge is 2.16. The molecule has 2 rings (SSSR count). The molecule has 0 radical (unpaired) electrons. The van der Waals surface area contributed by atoms with Gasteiger partial charge in [0.25, 0.3) is 0 Å². The van der Waals surface area contributed by atoms with E-state index in [1.165, 1.54) is 28.2 Å². The maximum atomic E-state index is 12.1. The summed E-state index contributed by atoms with van der Waals surface area (Å²) in [5.74, 6) is 0.758. The first-order chi connectivity index (χ1) is 13.2. The molecular weight excluding hydrogens is 519 g/mol. The third kappa shape index (κ3) is 7.88. The molecule has 0 fully saturated rings. The van der Waals surface area contributed by atoms with Crippen molar-refractivity contribution in [3.8, 4) is 0 Å². The first-order valence-electron chi connectivity index (χ1n) is 9.34. The predicted molar refractivity (Wildman–Crippen MR) is 133 cm³/mol. The van der Waals surface area contributed by atoms with E-state index < -0.39 is 10.0 Å². The average molecular weight is 551 g/mol. The Bertz CT molecular complexity index is 893. The number of nitrogens with one attached hydrogen (secondary N) is 2. The van der Waals surface area contributed by atoms with Crippen molar-refractivity contribution in [3.63, 3.8) is 0 Å². The second kappa shape index (κ2) is 11.9. The first-order valence-corrected chi connectivity index (χ1v) is 11.6. The molecule has 9 heteroatoms. The van der Waals surface area contributed by atoms with E-state index in [9.17, 15) is 8.42 Å². The van der Waals surface area contributed by atoms with Crippen molar-refractivity contribution >= 4 is 51.3 Å². The van der Waals surface area contributed by atoms with Gasteiger partial charge in [0.05, 0.1) is 11.4 Å². The van der Waals surface area contributed by atoms with E-state index in [-0.39, 0.29) is 34.9 Å². The molecule has 2 N–H and O–H groups in total. The highest BCUT2D eigenvalue weighted by molar-refractivity contribution is 14.0. The Morgan fingerprint density at radius 1 is 1.17 bits per heavy atom. The van der Waals surface area contributed by atoms with Crippen molar-refractivity contribution in [1.29, 1.82) is 0 Å². The lowest BCUT2D eigenvalue weighted by Gasteiger charge is -2.17. The largest absolute Gasteiger partial charge is 0.357 e. The molecule has 162 valence electrons. The molecule has 0 aliphatic carbocycles. The lowest BCUT2D eigenvalue weighted by atomic mass is 10.2. The first kappa shape index (κ1) is 25.9. The van der Waals surface area contributed by atoms with Crippen LogP contribution in [0.4, 0.5) is 0 Å². The summed E-state index contributed by atoms with van der Waals surface area (Å²) in [4.78, 5) is 7.60. The van der Waals surface area contributed by atoms with E-state index in [1.807, 2.05) is 18.3 Å². The van der Waals surface area contributed by atoms with Crippen LogP contribution >= 0.6 is 35.3 Å². The Hall–Kier alpha value is -1.17. The second-order valence-electron chi connectivity index (χ2n) is 6.89. The van der Waals surface area contributed by atoms with Crippen molar-refractivity contribution < 1.29 is 8.42 Å². The van der Waals surface area contributed by atoms with Crippen LogP contribution in [0.5, 0.6) is 0 Å². The number of sulfonamides is 1. The number of nitrogens with zero attached hydrogens (tertiary/aromatic N) is 2. The number of benzene rings is 1. The fraction of sp³-hybridized carbons (Fsp3) is 0.450. The summed E-state index contributed by atoms with van der Waals surface area (Å²) in [6.07, 6.45) is 0.944. The summed E-state index contributed by atoms with van der Waals surface area (Å²) < 4.78 is 25.5. The third-order valence-electron chi connectivity index (χ3n) is 4.15. The van der Waals surface area contributed by atoms with Gasteiger partial charge < -0.3 is 10.6 Å². The Labute approximate surface area is 195 Å². The standard InChI is InChI=1S/C20H30N4O2S2.HI/c1-6-21-20(23-15(2)13-18-10-7-16(3)27-18)22-14-17-8-11-19(12-9-17)28(25,26)24(4)5;/h7-12,15H,6,13-14H2,1-5H3,(H2,21,22,23);1H. The Balaban J connectivity index is 0.00000420. The molecule has 1 aromatic heterocycles. The van der Waals surface area contributed by atoms with Crippen molar-refractivity contribution in [2.24, 2.45) is 4.99 Å². The molecule has 1 heterocycles. The van der Waals surface area contributed by atoms with Gasteiger partial charge in [-0.2, -0.15) is 0 Å². The van der Waals surface area contributed by atoms with Gasteiger partial charge in [0.1, 0.15) is 0 Å². The summed E-state index contributed by atoms with van der Waals surface area (Å²) in [5.41, 5.74) is 0.955. The van der Waals surface area contributed by atoms with E-state index >= 15 is 0 Å². The minimum Gasteiger partial charge on any atom is -0.357 e. The quantitative estimate of drug-likeness (QED) is 0.299. The van der Waals surface area contributed by atoms with Gasteiger partial charge in [0.15, 0.2) is 5.96 Å². The van der Waals surface area contributed by atoms with Crippen molar-refractivity contribution in [1.82, 2.24) is 14.9 Å². The minimum absolute atomic E-state index is 0. The molecule has 0 saturated carbocycles. The number of thiophene rings is 1. The lowest BCUT2D eigenvalue weighted by molar-refractivity contribution is 0.520. The van der Waals surface area contributed by atoms with E-state index in [1.54, 1.807) is 24.3 Å². The van der Waals surface area contributed by atoms with Gasteiger partial charge in [-0.05, 0) is 50.6 Å². The van der Waals surface area contributed by atoms with Gasteiger partial charge in [-0.15, -0.1) is 35.3 Å². The number of guanidine groups is 1. The molecule has 0 bridgehead atoms. The molecule has 0 aliphatic heterocycles. The summed E-state index contributed by atoms with van der Waals surface area (Å²) >= 11 is 1.82. The predicted octanol–water partition coefficient (Wildman–Crippen LogP) is 3.61.